The van der Waals surface area contributed by atoms with Crippen LogP contribution in [0.5, 0.6) is 0 Å². The predicted molar refractivity (Wildman–Crippen MR) is 67.7 cm³/mol. The first-order valence-corrected chi connectivity index (χ1v) is 5.93. The maximum absolute atomic E-state index is 11.3. The van der Waals surface area contributed by atoms with Crippen molar-refractivity contribution >= 4 is 12.0 Å². The van der Waals surface area contributed by atoms with E-state index in [9.17, 15) is 9.90 Å². The van der Waals surface area contributed by atoms with Crippen molar-refractivity contribution in [2.75, 3.05) is 6.54 Å². The third-order valence-corrected chi connectivity index (χ3v) is 3.23. The Morgan fingerprint density at radius 3 is 2.76 bits per heavy atom. The van der Waals surface area contributed by atoms with Gasteiger partial charge in [0, 0.05) is 0 Å². The highest BCUT2D eigenvalue weighted by atomic mass is 16.4. The molecule has 1 fully saturated rings. The number of carbonyl (C=O) groups is 1. The van der Waals surface area contributed by atoms with Crippen molar-refractivity contribution in [3.05, 3.63) is 42.0 Å². The van der Waals surface area contributed by atoms with Gasteiger partial charge in [0.2, 0.25) is 0 Å². The number of carboxylic acid groups (broad SMARTS) is 1. The monoisotopic (exact) mass is 231 g/mol. The fourth-order valence-corrected chi connectivity index (χ4v) is 2.21. The van der Waals surface area contributed by atoms with E-state index in [1.165, 1.54) is 0 Å². The van der Waals surface area contributed by atoms with Gasteiger partial charge in [0.05, 0.1) is 0 Å². The topological polar surface area (TPSA) is 49.3 Å². The van der Waals surface area contributed by atoms with Gasteiger partial charge in [-0.1, -0.05) is 42.5 Å². The van der Waals surface area contributed by atoms with Crippen molar-refractivity contribution < 1.29 is 9.90 Å². The molecule has 0 saturated carbocycles. The molecule has 1 atom stereocenters. The van der Waals surface area contributed by atoms with Crippen molar-refractivity contribution in [1.29, 1.82) is 0 Å². The number of aliphatic carboxylic acids is 1. The van der Waals surface area contributed by atoms with Crippen LogP contribution in [-0.2, 0) is 4.79 Å². The molecule has 90 valence electrons. The molecule has 0 aliphatic carbocycles. The Morgan fingerprint density at radius 1 is 1.41 bits per heavy atom. The summed E-state index contributed by atoms with van der Waals surface area (Å²) in [6.07, 6.45) is 6.11. The molecule has 0 amide bonds. The maximum atomic E-state index is 11.3. The molecule has 0 radical (unpaired) electrons. The minimum atomic E-state index is -0.745. The largest absolute Gasteiger partial charge is 0.480 e. The molecule has 1 aliphatic rings. The van der Waals surface area contributed by atoms with Gasteiger partial charge in [-0.25, -0.2) is 0 Å². The molecule has 1 heterocycles. The van der Waals surface area contributed by atoms with Crippen LogP contribution >= 0.6 is 0 Å². The third-order valence-electron chi connectivity index (χ3n) is 3.23. The highest BCUT2D eigenvalue weighted by molar-refractivity contribution is 5.79. The lowest BCUT2D eigenvalue weighted by Crippen LogP contribution is -2.47. The molecule has 1 saturated heterocycles. The number of benzene rings is 1. The van der Waals surface area contributed by atoms with E-state index in [4.69, 9.17) is 0 Å². The summed E-state index contributed by atoms with van der Waals surface area (Å²) in [7, 11) is 0. The van der Waals surface area contributed by atoms with Gasteiger partial charge in [0.25, 0.3) is 0 Å². The van der Waals surface area contributed by atoms with Gasteiger partial charge < -0.3 is 10.4 Å². The van der Waals surface area contributed by atoms with Crippen LogP contribution in [0.1, 0.15) is 24.8 Å². The fraction of sp³-hybridized carbons (Fsp3) is 0.357. The SMILES string of the molecule is O=C(O)[C@@]1(CC=Cc2ccccc2)CCCN1. The average molecular weight is 231 g/mol. The second kappa shape index (κ2) is 5.15. The van der Waals surface area contributed by atoms with E-state index in [-0.39, 0.29) is 0 Å². The molecule has 3 heteroatoms. The third kappa shape index (κ3) is 2.74. The zero-order valence-corrected chi connectivity index (χ0v) is 9.73. The van der Waals surface area contributed by atoms with E-state index in [0.29, 0.717) is 12.8 Å². The summed E-state index contributed by atoms with van der Waals surface area (Å²) >= 11 is 0. The summed E-state index contributed by atoms with van der Waals surface area (Å²) < 4.78 is 0. The van der Waals surface area contributed by atoms with Crippen LogP contribution in [0.3, 0.4) is 0 Å². The molecule has 1 aromatic carbocycles. The molecule has 0 unspecified atom stereocenters. The predicted octanol–water partition coefficient (Wildman–Crippen LogP) is 2.30. The Hall–Kier alpha value is -1.61. The van der Waals surface area contributed by atoms with Crippen LogP contribution in [0.2, 0.25) is 0 Å². The Bertz CT molecular complexity index is 405. The van der Waals surface area contributed by atoms with Gasteiger partial charge in [0.1, 0.15) is 5.54 Å². The summed E-state index contributed by atoms with van der Waals surface area (Å²) in [5.74, 6) is -0.743. The van der Waals surface area contributed by atoms with Crippen molar-refractivity contribution in [1.82, 2.24) is 5.32 Å². The van der Waals surface area contributed by atoms with Crippen molar-refractivity contribution in [2.24, 2.45) is 0 Å². The second-order valence-corrected chi connectivity index (χ2v) is 4.43. The van der Waals surface area contributed by atoms with Crippen LogP contribution in [0.4, 0.5) is 0 Å². The molecule has 0 spiro atoms. The van der Waals surface area contributed by atoms with Crippen LogP contribution in [0.15, 0.2) is 36.4 Å². The average Bonchev–Trinajstić information content (AvgIpc) is 2.80. The van der Waals surface area contributed by atoms with Gasteiger partial charge >= 0.3 is 5.97 Å². The van der Waals surface area contributed by atoms with E-state index in [1.807, 2.05) is 42.5 Å². The van der Waals surface area contributed by atoms with Crippen LogP contribution in [0, 0.1) is 0 Å². The lowest BCUT2D eigenvalue weighted by molar-refractivity contribution is -0.144. The van der Waals surface area contributed by atoms with E-state index >= 15 is 0 Å². The van der Waals surface area contributed by atoms with Gasteiger partial charge in [0.15, 0.2) is 0 Å². The summed E-state index contributed by atoms with van der Waals surface area (Å²) in [6.45, 7) is 0.797. The molecule has 1 aliphatic heterocycles. The standard InChI is InChI=1S/C14H17NO2/c16-13(17)14(10-5-11-15-14)9-4-8-12-6-2-1-3-7-12/h1-4,6-8,15H,5,9-11H2,(H,16,17)/t14-/m1/s1. The molecule has 2 rings (SSSR count). The molecular weight excluding hydrogens is 214 g/mol. The molecule has 2 N–H and O–H groups in total. The first-order valence-electron chi connectivity index (χ1n) is 5.93. The summed E-state index contributed by atoms with van der Waals surface area (Å²) in [5.41, 5.74) is 0.358. The smallest absolute Gasteiger partial charge is 0.324 e. The zero-order valence-electron chi connectivity index (χ0n) is 9.73. The van der Waals surface area contributed by atoms with Crippen LogP contribution < -0.4 is 5.32 Å². The van der Waals surface area contributed by atoms with Gasteiger partial charge in [-0.3, -0.25) is 4.79 Å². The quantitative estimate of drug-likeness (QED) is 0.836. The summed E-state index contributed by atoms with van der Waals surface area (Å²) in [4.78, 5) is 11.3. The van der Waals surface area contributed by atoms with Gasteiger partial charge in [-0.15, -0.1) is 0 Å². The van der Waals surface area contributed by atoms with Crippen molar-refractivity contribution in [3.8, 4) is 0 Å². The minimum absolute atomic E-state index is 0.539. The van der Waals surface area contributed by atoms with E-state index < -0.39 is 11.5 Å². The molecule has 1 aromatic rings. The van der Waals surface area contributed by atoms with Crippen molar-refractivity contribution in [2.45, 2.75) is 24.8 Å². The van der Waals surface area contributed by atoms with Gasteiger partial charge in [-0.05, 0) is 31.4 Å². The maximum Gasteiger partial charge on any atom is 0.324 e. The Labute approximate surface area is 101 Å². The van der Waals surface area contributed by atoms with Crippen molar-refractivity contribution in [3.63, 3.8) is 0 Å². The Balaban J connectivity index is 2.01. The number of nitrogens with one attached hydrogen (secondary N) is 1. The summed E-state index contributed by atoms with van der Waals surface area (Å²) in [6, 6.07) is 9.92. The zero-order chi connectivity index (χ0) is 12.1. The van der Waals surface area contributed by atoms with Crippen LogP contribution in [-0.4, -0.2) is 23.2 Å². The van der Waals surface area contributed by atoms with E-state index in [2.05, 4.69) is 5.32 Å². The number of rotatable bonds is 4. The highest BCUT2D eigenvalue weighted by Gasteiger charge is 2.39. The Morgan fingerprint density at radius 2 is 2.18 bits per heavy atom. The Kier molecular flexibility index (Phi) is 3.59. The number of hydrogen-bond donors (Lipinski definition) is 2. The fourth-order valence-electron chi connectivity index (χ4n) is 2.21. The van der Waals surface area contributed by atoms with Gasteiger partial charge in [-0.2, -0.15) is 0 Å². The van der Waals surface area contributed by atoms with E-state index in [1.54, 1.807) is 0 Å². The highest BCUT2D eigenvalue weighted by Crippen LogP contribution is 2.24. The van der Waals surface area contributed by atoms with E-state index in [0.717, 1.165) is 18.5 Å². The lowest BCUT2D eigenvalue weighted by Gasteiger charge is -2.22. The molecule has 0 aromatic heterocycles. The molecule has 17 heavy (non-hydrogen) atoms. The first kappa shape index (κ1) is 11.9. The first-order chi connectivity index (χ1) is 8.23. The lowest BCUT2D eigenvalue weighted by atomic mass is 9.93. The second-order valence-electron chi connectivity index (χ2n) is 4.43. The normalized spacial score (nSPS) is 24.2. The molecule has 0 bridgehead atoms. The number of carboxylic acids is 1. The molecular formula is C14H17NO2. The minimum Gasteiger partial charge on any atom is -0.480 e. The number of hydrogen-bond acceptors (Lipinski definition) is 2. The summed E-state index contributed by atoms with van der Waals surface area (Å²) in [5, 5.41) is 12.4. The molecule has 3 nitrogen and oxygen atoms in total. The van der Waals surface area contributed by atoms with Crippen LogP contribution in [0.25, 0.3) is 6.08 Å².